The fraction of sp³-hybridized carbons (Fsp3) is 0.833. The third-order valence-corrected chi connectivity index (χ3v) is 4.42. The molecule has 2 fully saturated rings. The monoisotopic (exact) mass is 208 g/mol. The van der Waals surface area contributed by atoms with Crippen LogP contribution in [0.4, 0.5) is 0 Å². The average Bonchev–Trinajstić information content (AvgIpc) is 3.08. The van der Waals surface area contributed by atoms with Gasteiger partial charge in [0.2, 0.25) is 0 Å². The lowest BCUT2D eigenvalue weighted by Gasteiger charge is -2.29. The maximum absolute atomic E-state index is 5.83. The van der Waals surface area contributed by atoms with Gasteiger partial charge in [-0.05, 0) is 32.1 Å². The summed E-state index contributed by atoms with van der Waals surface area (Å²) in [7, 11) is 0. The molecule has 1 aliphatic carbocycles. The lowest BCUT2D eigenvalue weighted by atomic mass is 9.79. The minimum atomic E-state index is 0.228. The van der Waals surface area contributed by atoms with E-state index >= 15 is 0 Å². The number of ether oxygens (including phenoxy) is 3. The van der Waals surface area contributed by atoms with Crippen LogP contribution in [-0.4, -0.2) is 24.4 Å². The van der Waals surface area contributed by atoms with E-state index in [2.05, 4.69) is 6.92 Å². The minimum absolute atomic E-state index is 0.228. The van der Waals surface area contributed by atoms with E-state index in [0.29, 0.717) is 24.7 Å². The van der Waals surface area contributed by atoms with E-state index in [1.807, 2.05) is 0 Å². The van der Waals surface area contributed by atoms with Crippen molar-refractivity contribution in [2.24, 2.45) is 5.92 Å². The van der Waals surface area contributed by atoms with Gasteiger partial charge in [0.15, 0.2) is 5.76 Å². The molecule has 0 spiro atoms. The predicted molar refractivity (Wildman–Crippen MR) is 53.1 cm³/mol. The highest BCUT2D eigenvalue weighted by atomic mass is 16.6. The summed E-state index contributed by atoms with van der Waals surface area (Å²) in [6, 6.07) is 0. The highest BCUT2D eigenvalue weighted by Gasteiger charge is 2.56. The zero-order valence-electron chi connectivity index (χ0n) is 8.99. The van der Waals surface area contributed by atoms with Crippen LogP contribution in [0.5, 0.6) is 0 Å². The van der Waals surface area contributed by atoms with Gasteiger partial charge in [-0.2, -0.15) is 0 Å². The Morgan fingerprint density at radius 2 is 2.27 bits per heavy atom. The molecule has 3 aliphatic heterocycles. The topological polar surface area (TPSA) is 34.3 Å². The molecular formula is C12H16O3. The van der Waals surface area contributed by atoms with Gasteiger partial charge in [0, 0.05) is 6.42 Å². The molecule has 0 N–H and O–H groups in total. The Labute approximate surface area is 89.4 Å². The number of rotatable bonds is 1. The first kappa shape index (κ1) is 8.59. The quantitative estimate of drug-likeness (QED) is 0.618. The highest BCUT2D eigenvalue weighted by molar-refractivity contribution is 5.21. The molecule has 4 aliphatic rings. The van der Waals surface area contributed by atoms with Gasteiger partial charge >= 0.3 is 0 Å². The third kappa shape index (κ3) is 1.26. The molecule has 0 amide bonds. The van der Waals surface area contributed by atoms with E-state index < -0.39 is 0 Å². The fourth-order valence-electron chi connectivity index (χ4n) is 3.13. The zero-order chi connectivity index (χ0) is 10.0. The van der Waals surface area contributed by atoms with Crippen LogP contribution in [0, 0.1) is 5.92 Å². The molecule has 15 heavy (non-hydrogen) atoms. The molecule has 0 aromatic rings. The van der Waals surface area contributed by atoms with Crippen LogP contribution < -0.4 is 0 Å². The van der Waals surface area contributed by atoms with E-state index in [9.17, 15) is 0 Å². The Balaban J connectivity index is 1.44. The molecule has 0 aromatic heterocycles. The molecule has 3 heteroatoms. The molecule has 4 unspecified atom stereocenters. The lowest BCUT2D eigenvalue weighted by molar-refractivity contribution is 0.0113. The fourth-order valence-corrected chi connectivity index (χ4v) is 3.13. The maximum atomic E-state index is 5.83. The second-order valence-electron chi connectivity index (χ2n) is 5.46. The van der Waals surface area contributed by atoms with Crippen molar-refractivity contribution >= 4 is 0 Å². The summed E-state index contributed by atoms with van der Waals surface area (Å²) in [4.78, 5) is 0. The van der Waals surface area contributed by atoms with Crippen molar-refractivity contribution in [2.75, 3.05) is 6.61 Å². The van der Waals surface area contributed by atoms with E-state index in [0.717, 1.165) is 12.2 Å². The van der Waals surface area contributed by atoms with E-state index in [1.165, 1.54) is 25.0 Å². The highest BCUT2D eigenvalue weighted by Crippen LogP contribution is 2.51. The van der Waals surface area contributed by atoms with Crippen molar-refractivity contribution < 1.29 is 14.2 Å². The van der Waals surface area contributed by atoms with Gasteiger partial charge in [-0.3, -0.25) is 0 Å². The molecule has 4 atom stereocenters. The van der Waals surface area contributed by atoms with Crippen LogP contribution in [0.1, 0.15) is 32.6 Å². The molecule has 0 aromatic carbocycles. The Morgan fingerprint density at radius 3 is 3.07 bits per heavy atom. The Bertz CT molecular complexity index is 349. The van der Waals surface area contributed by atoms with Gasteiger partial charge in [0.1, 0.15) is 12.4 Å². The first-order valence-corrected chi connectivity index (χ1v) is 5.94. The summed E-state index contributed by atoms with van der Waals surface area (Å²) in [6.45, 7) is 2.94. The van der Waals surface area contributed by atoms with Crippen LogP contribution in [0.2, 0.25) is 0 Å². The number of fused-ring (bicyclic) bond motifs is 1. The average molecular weight is 208 g/mol. The van der Waals surface area contributed by atoms with Gasteiger partial charge in [-0.25, -0.2) is 0 Å². The Morgan fingerprint density at radius 1 is 1.33 bits per heavy atom. The van der Waals surface area contributed by atoms with Crippen molar-refractivity contribution in [1.29, 1.82) is 0 Å². The molecule has 3 nitrogen and oxygen atoms in total. The first-order valence-electron chi connectivity index (χ1n) is 5.94. The van der Waals surface area contributed by atoms with Crippen molar-refractivity contribution in [1.82, 2.24) is 0 Å². The summed E-state index contributed by atoms with van der Waals surface area (Å²) in [5, 5.41) is 0. The molecule has 1 saturated heterocycles. The van der Waals surface area contributed by atoms with Crippen LogP contribution in [-0.2, 0) is 14.2 Å². The first-order chi connectivity index (χ1) is 7.24. The molecule has 3 heterocycles. The summed E-state index contributed by atoms with van der Waals surface area (Å²) in [6.07, 6.45) is 5.54. The normalized spacial score (nSPS) is 51.7. The van der Waals surface area contributed by atoms with E-state index in [4.69, 9.17) is 14.2 Å². The Kier molecular flexibility index (Phi) is 1.48. The standard InChI is InChI=1S/C12H16O3/c1-12-3-2-7(4-11(12)15-12)8-5-9-10(14-9)6-13-8/h7-8,11H,2-6H2,1H3. The molecule has 0 radical (unpaired) electrons. The summed E-state index contributed by atoms with van der Waals surface area (Å²) >= 11 is 0. The van der Waals surface area contributed by atoms with Gasteiger partial charge in [0.25, 0.3) is 0 Å². The number of hydrogen-bond donors (Lipinski definition) is 0. The molecule has 1 saturated carbocycles. The second kappa shape index (κ2) is 2.58. The summed E-state index contributed by atoms with van der Waals surface area (Å²) in [5.74, 6) is 2.98. The minimum Gasteiger partial charge on any atom is -0.456 e. The summed E-state index contributed by atoms with van der Waals surface area (Å²) in [5.41, 5.74) is 0.228. The molecule has 4 rings (SSSR count). The number of hydrogen-bond acceptors (Lipinski definition) is 3. The van der Waals surface area contributed by atoms with Gasteiger partial charge < -0.3 is 14.2 Å². The van der Waals surface area contributed by atoms with Crippen LogP contribution in [0.3, 0.4) is 0 Å². The van der Waals surface area contributed by atoms with Crippen LogP contribution in [0.25, 0.3) is 0 Å². The predicted octanol–water partition coefficient (Wildman–Crippen LogP) is 1.97. The third-order valence-electron chi connectivity index (χ3n) is 4.42. The van der Waals surface area contributed by atoms with E-state index in [-0.39, 0.29) is 5.60 Å². The van der Waals surface area contributed by atoms with Crippen molar-refractivity contribution in [3.8, 4) is 0 Å². The van der Waals surface area contributed by atoms with Crippen molar-refractivity contribution in [3.05, 3.63) is 11.5 Å². The van der Waals surface area contributed by atoms with Crippen LogP contribution in [0.15, 0.2) is 11.5 Å². The van der Waals surface area contributed by atoms with Gasteiger partial charge in [-0.1, -0.05) is 0 Å². The van der Waals surface area contributed by atoms with Crippen LogP contribution >= 0.6 is 0 Å². The summed E-state index contributed by atoms with van der Waals surface area (Å²) < 4.78 is 16.9. The zero-order valence-corrected chi connectivity index (χ0v) is 8.99. The van der Waals surface area contributed by atoms with Crippen molar-refractivity contribution in [2.45, 2.75) is 50.4 Å². The van der Waals surface area contributed by atoms with E-state index in [1.54, 1.807) is 0 Å². The van der Waals surface area contributed by atoms with Gasteiger partial charge in [-0.15, -0.1) is 0 Å². The maximum Gasteiger partial charge on any atom is 0.168 e. The smallest absolute Gasteiger partial charge is 0.168 e. The molecular weight excluding hydrogens is 192 g/mol. The number of epoxide rings is 1. The lowest BCUT2D eigenvalue weighted by Crippen LogP contribution is -2.32. The second-order valence-corrected chi connectivity index (χ2v) is 5.46. The van der Waals surface area contributed by atoms with Crippen molar-refractivity contribution in [3.63, 3.8) is 0 Å². The SMILES string of the molecule is CC12CCC(C3CC4=C(CO3)O4)CC1O2. The van der Waals surface area contributed by atoms with Gasteiger partial charge in [0.05, 0.1) is 17.8 Å². The molecule has 0 bridgehead atoms. The molecule has 82 valence electrons. The largest absolute Gasteiger partial charge is 0.456 e. The Hall–Kier alpha value is -0.540.